The Hall–Kier alpha value is -1.12. The van der Waals surface area contributed by atoms with Gasteiger partial charge in [0.05, 0.1) is 13.2 Å². The van der Waals surface area contributed by atoms with Gasteiger partial charge in [-0.05, 0) is 18.4 Å². The summed E-state index contributed by atoms with van der Waals surface area (Å²) in [7, 11) is 0. The normalized spacial score (nSPS) is 21.0. The highest BCUT2D eigenvalue weighted by atomic mass is 16.5. The topological polar surface area (TPSA) is 12.5 Å². The number of morpholine rings is 1. The van der Waals surface area contributed by atoms with Gasteiger partial charge < -0.3 is 4.74 Å². The molecule has 0 aromatic heterocycles. The van der Waals surface area contributed by atoms with E-state index in [4.69, 9.17) is 4.74 Å². The lowest BCUT2D eigenvalue weighted by molar-refractivity contribution is 0.0286. The quantitative estimate of drug-likeness (QED) is 0.756. The van der Waals surface area contributed by atoms with Gasteiger partial charge >= 0.3 is 0 Å². The number of benzene rings is 1. The van der Waals surface area contributed by atoms with Crippen molar-refractivity contribution in [2.45, 2.75) is 25.8 Å². The van der Waals surface area contributed by atoms with Crippen LogP contribution in [0.25, 0.3) is 0 Å². The lowest BCUT2D eigenvalue weighted by Crippen LogP contribution is -2.41. The number of nitrogens with zero attached hydrogens (tertiary/aromatic N) is 1. The summed E-state index contributed by atoms with van der Waals surface area (Å²) in [6, 6.07) is 11.1. The van der Waals surface area contributed by atoms with Crippen molar-refractivity contribution in [2.24, 2.45) is 0 Å². The molecule has 2 unspecified atom stereocenters. The minimum atomic E-state index is 0.481. The molecular weight excluding hydrogens is 222 g/mol. The van der Waals surface area contributed by atoms with Crippen LogP contribution in [0.3, 0.4) is 0 Å². The number of hydrogen-bond donors (Lipinski definition) is 0. The molecule has 0 aliphatic carbocycles. The van der Waals surface area contributed by atoms with E-state index in [1.807, 2.05) is 0 Å². The van der Waals surface area contributed by atoms with Crippen molar-refractivity contribution in [2.75, 3.05) is 26.3 Å². The summed E-state index contributed by atoms with van der Waals surface area (Å²) >= 11 is 0. The van der Waals surface area contributed by atoms with E-state index in [2.05, 4.69) is 61.2 Å². The van der Waals surface area contributed by atoms with Gasteiger partial charge in [0, 0.05) is 19.1 Å². The van der Waals surface area contributed by atoms with Crippen molar-refractivity contribution in [1.82, 2.24) is 4.90 Å². The first-order valence-corrected chi connectivity index (χ1v) is 6.82. The summed E-state index contributed by atoms with van der Waals surface area (Å²) in [5.41, 5.74) is 1.38. The minimum absolute atomic E-state index is 0.481. The zero-order valence-corrected chi connectivity index (χ0v) is 11.4. The third-order valence-corrected chi connectivity index (χ3v) is 3.63. The van der Waals surface area contributed by atoms with Gasteiger partial charge in [-0.15, -0.1) is 0 Å². The maximum atomic E-state index is 5.38. The summed E-state index contributed by atoms with van der Waals surface area (Å²) in [5, 5.41) is 0. The van der Waals surface area contributed by atoms with E-state index < -0.39 is 0 Å². The maximum absolute atomic E-state index is 5.38. The van der Waals surface area contributed by atoms with Crippen LogP contribution in [0.5, 0.6) is 0 Å². The number of ether oxygens (including phenoxy) is 1. The van der Waals surface area contributed by atoms with Crippen LogP contribution in [-0.4, -0.2) is 37.2 Å². The van der Waals surface area contributed by atoms with E-state index in [1.165, 1.54) is 5.56 Å². The molecule has 2 heteroatoms. The lowest BCUT2D eigenvalue weighted by Gasteiger charge is -2.30. The highest BCUT2D eigenvalue weighted by Gasteiger charge is 2.14. The van der Waals surface area contributed by atoms with Gasteiger partial charge in [-0.3, -0.25) is 4.90 Å². The van der Waals surface area contributed by atoms with Crippen LogP contribution in [-0.2, 0) is 4.74 Å². The molecule has 1 aliphatic rings. The van der Waals surface area contributed by atoms with Crippen molar-refractivity contribution in [3.8, 4) is 0 Å². The second kappa shape index (κ2) is 6.72. The van der Waals surface area contributed by atoms with Crippen molar-refractivity contribution in [3.05, 3.63) is 48.0 Å². The molecule has 0 N–H and O–H groups in total. The molecule has 18 heavy (non-hydrogen) atoms. The molecule has 0 spiro atoms. The molecule has 1 aromatic rings. The Bertz CT molecular complexity index is 368. The second-order valence-electron chi connectivity index (χ2n) is 4.97. The molecule has 1 fully saturated rings. The Morgan fingerprint density at radius 2 is 1.72 bits per heavy atom. The summed E-state index contributed by atoms with van der Waals surface area (Å²) in [4.78, 5) is 2.47. The molecule has 1 aliphatic heterocycles. The largest absolute Gasteiger partial charge is 0.379 e. The maximum Gasteiger partial charge on any atom is 0.0594 e. The van der Waals surface area contributed by atoms with Gasteiger partial charge in [-0.1, -0.05) is 49.4 Å². The molecule has 1 heterocycles. The fourth-order valence-corrected chi connectivity index (χ4v) is 2.30. The van der Waals surface area contributed by atoms with Gasteiger partial charge in [0.25, 0.3) is 0 Å². The smallest absolute Gasteiger partial charge is 0.0594 e. The molecule has 98 valence electrons. The fraction of sp³-hybridized carbons (Fsp3) is 0.500. The van der Waals surface area contributed by atoms with Crippen molar-refractivity contribution in [3.63, 3.8) is 0 Å². The van der Waals surface area contributed by atoms with Gasteiger partial charge in [-0.2, -0.15) is 0 Å². The first-order valence-electron chi connectivity index (χ1n) is 6.82. The monoisotopic (exact) mass is 245 g/mol. The van der Waals surface area contributed by atoms with E-state index in [0.29, 0.717) is 12.0 Å². The first kappa shape index (κ1) is 13.3. The average Bonchev–Trinajstić information content (AvgIpc) is 2.46. The van der Waals surface area contributed by atoms with Gasteiger partial charge in [0.2, 0.25) is 0 Å². The second-order valence-corrected chi connectivity index (χ2v) is 4.97. The Morgan fingerprint density at radius 3 is 2.39 bits per heavy atom. The molecular formula is C16H23NO. The summed E-state index contributed by atoms with van der Waals surface area (Å²) in [6.07, 6.45) is 4.64. The van der Waals surface area contributed by atoms with E-state index in [9.17, 15) is 0 Å². The fourth-order valence-electron chi connectivity index (χ4n) is 2.30. The number of rotatable bonds is 4. The van der Waals surface area contributed by atoms with Crippen LogP contribution < -0.4 is 0 Å². The summed E-state index contributed by atoms with van der Waals surface area (Å²) < 4.78 is 5.38. The molecule has 0 radical (unpaired) electrons. The Labute approximate surface area is 110 Å². The molecule has 2 atom stereocenters. The third kappa shape index (κ3) is 3.69. The van der Waals surface area contributed by atoms with Crippen molar-refractivity contribution < 1.29 is 4.74 Å². The zero-order valence-electron chi connectivity index (χ0n) is 11.4. The van der Waals surface area contributed by atoms with Crippen LogP contribution in [0.1, 0.15) is 25.3 Å². The molecule has 0 saturated carbocycles. The SMILES string of the molecule is CC(/C=C/C(C)N1CCOCC1)c1ccccc1. The molecule has 1 saturated heterocycles. The minimum Gasteiger partial charge on any atom is -0.379 e. The number of hydrogen-bond acceptors (Lipinski definition) is 2. The molecule has 2 nitrogen and oxygen atoms in total. The molecule has 0 amide bonds. The van der Waals surface area contributed by atoms with E-state index in [1.54, 1.807) is 0 Å². The van der Waals surface area contributed by atoms with Crippen LogP contribution in [0.2, 0.25) is 0 Å². The predicted octanol–water partition coefficient (Wildman–Crippen LogP) is 3.07. The van der Waals surface area contributed by atoms with E-state index >= 15 is 0 Å². The standard InChI is InChI=1S/C16H23NO/c1-14(16-6-4-3-5-7-16)8-9-15(2)17-10-12-18-13-11-17/h3-9,14-15H,10-13H2,1-2H3/b9-8+. The van der Waals surface area contributed by atoms with Crippen LogP contribution in [0, 0.1) is 0 Å². The van der Waals surface area contributed by atoms with E-state index in [-0.39, 0.29) is 0 Å². The van der Waals surface area contributed by atoms with Crippen LogP contribution in [0.15, 0.2) is 42.5 Å². The van der Waals surface area contributed by atoms with E-state index in [0.717, 1.165) is 26.3 Å². The zero-order chi connectivity index (χ0) is 12.8. The highest BCUT2D eigenvalue weighted by Crippen LogP contribution is 2.16. The van der Waals surface area contributed by atoms with Crippen LogP contribution >= 0.6 is 0 Å². The van der Waals surface area contributed by atoms with Gasteiger partial charge in [0.1, 0.15) is 0 Å². The van der Waals surface area contributed by atoms with Gasteiger partial charge in [0.15, 0.2) is 0 Å². The van der Waals surface area contributed by atoms with Crippen LogP contribution in [0.4, 0.5) is 0 Å². The Morgan fingerprint density at radius 1 is 1.06 bits per heavy atom. The predicted molar refractivity (Wildman–Crippen MR) is 75.9 cm³/mol. The van der Waals surface area contributed by atoms with Crippen molar-refractivity contribution >= 4 is 0 Å². The molecule has 0 bridgehead atoms. The Balaban J connectivity index is 1.89. The lowest BCUT2D eigenvalue weighted by atomic mass is 10.00. The highest BCUT2D eigenvalue weighted by molar-refractivity contribution is 5.23. The summed E-state index contributed by atoms with van der Waals surface area (Å²) in [5.74, 6) is 0.481. The third-order valence-electron chi connectivity index (χ3n) is 3.63. The summed E-state index contributed by atoms with van der Waals surface area (Å²) in [6.45, 7) is 8.34. The van der Waals surface area contributed by atoms with Crippen molar-refractivity contribution in [1.29, 1.82) is 0 Å². The average molecular weight is 245 g/mol. The Kier molecular flexibility index (Phi) is 4.97. The number of allylic oxidation sites excluding steroid dienone is 1. The molecule has 1 aromatic carbocycles. The molecule has 2 rings (SSSR count). The first-order chi connectivity index (χ1) is 8.77. The van der Waals surface area contributed by atoms with Gasteiger partial charge in [-0.25, -0.2) is 0 Å².